The average Bonchev–Trinajstić information content (AvgIpc) is 3.00. The molecule has 21 heavy (non-hydrogen) atoms. The number of aromatic nitrogens is 3. The molecule has 7 nitrogen and oxygen atoms in total. The Balaban J connectivity index is 1.55. The number of H-pyrrole nitrogens is 1. The number of carbonyl (C=O) groups excluding carboxylic acids is 2. The van der Waals surface area contributed by atoms with Crippen LogP contribution >= 0.6 is 11.8 Å². The van der Waals surface area contributed by atoms with E-state index in [-0.39, 0.29) is 17.8 Å². The van der Waals surface area contributed by atoms with Gasteiger partial charge in [-0.05, 0) is 18.6 Å². The van der Waals surface area contributed by atoms with Gasteiger partial charge in [-0.2, -0.15) is 4.98 Å². The van der Waals surface area contributed by atoms with Crippen LogP contribution in [0.4, 0.5) is 5.95 Å². The topological polar surface area (TPSA) is 105 Å². The van der Waals surface area contributed by atoms with E-state index >= 15 is 0 Å². The van der Waals surface area contributed by atoms with Crippen molar-refractivity contribution in [1.82, 2.24) is 20.1 Å². The first-order valence-electron chi connectivity index (χ1n) is 6.42. The van der Waals surface area contributed by atoms with Gasteiger partial charge in [-0.3, -0.25) is 14.5 Å². The number of hydrogen-bond acceptors (Lipinski definition) is 6. The summed E-state index contributed by atoms with van der Waals surface area (Å²) < 4.78 is 0. The summed E-state index contributed by atoms with van der Waals surface area (Å²) in [6.45, 7) is 0.388. The molecule has 0 radical (unpaired) electrons. The lowest BCUT2D eigenvalue weighted by Crippen LogP contribution is -2.31. The largest absolute Gasteiger partial charge is 0.368 e. The number of thioether (sulfide) groups is 1. The molecule has 1 aromatic carbocycles. The molecule has 0 aliphatic carbocycles. The maximum absolute atomic E-state index is 12.1. The van der Waals surface area contributed by atoms with Gasteiger partial charge in [-0.25, -0.2) is 5.10 Å². The van der Waals surface area contributed by atoms with Crippen molar-refractivity contribution >= 4 is 29.5 Å². The molecular formula is C13H13N5O2S. The van der Waals surface area contributed by atoms with Crippen molar-refractivity contribution in [2.75, 3.05) is 18.0 Å². The van der Waals surface area contributed by atoms with E-state index in [2.05, 4.69) is 15.2 Å². The van der Waals surface area contributed by atoms with Gasteiger partial charge in [0.1, 0.15) is 0 Å². The highest BCUT2D eigenvalue weighted by Gasteiger charge is 2.34. The molecule has 0 spiro atoms. The maximum atomic E-state index is 12.1. The number of rotatable bonds is 5. The summed E-state index contributed by atoms with van der Waals surface area (Å²) in [5.74, 6) is 0.536. The van der Waals surface area contributed by atoms with Crippen LogP contribution in [-0.4, -0.2) is 44.2 Å². The van der Waals surface area contributed by atoms with Crippen LogP contribution < -0.4 is 5.73 Å². The average molecular weight is 303 g/mol. The summed E-state index contributed by atoms with van der Waals surface area (Å²) in [5, 5.41) is 7.02. The molecule has 1 aliphatic rings. The number of aromatic amines is 1. The molecule has 0 saturated heterocycles. The number of nitrogens with two attached hydrogens (primary N) is 1. The minimum atomic E-state index is -0.220. The highest BCUT2D eigenvalue weighted by molar-refractivity contribution is 7.99. The molecular weight excluding hydrogens is 290 g/mol. The van der Waals surface area contributed by atoms with E-state index in [1.807, 2.05) is 0 Å². The number of amides is 2. The molecule has 0 saturated carbocycles. The second kappa shape index (κ2) is 5.57. The Bertz CT molecular complexity index is 664. The van der Waals surface area contributed by atoms with Crippen molar-refractivity contribution in [2.24, 2.45) is 0 Å². The third-order valence-electron chi connectivity index (χ3n) is 3.12. The zero-order chi connectivity index (χ0) is 14.8. The number of hydrogen-bond donors (Lipinski definition) is 2. The Labute approximate surface area is 124 Å². The number of benzene rings is 1. The molecule has 2 amide bonds. The number of imide groups is 1. The van der Waals surface area contributed by atoms with Gasteiger partial charge < -0.3 is 5.73 Å². The highest BCUT2D eigenvalue weighted by atomic mass is 32.2. The van der Waals surface area contributed by atoms with Crippen molar-refractivity contribution in [3.8, 4) is 0 Å². The van der Waals surface area contributed by atoms with E-state index in [4.69, 9.17) is 5.73 Å². The van der Waals surface area contributed by atoms with Crippen LogP contribution in [0.25, 0.3) is 0 Å². The van der Waals surface area contributed by atoms with Gasteiger partial charge in [-0.1, -0.05) is 23.9 Å². The molecule has 8 heteroatoms. The van der Waals surface area contributed by atoms with Gasteiger partial charge in [0.2, 0.25) is 11.1 Å². The van der Waals surface area contributed by atoms with Gasteiger partial charge >= 0.3 is 0 Å². The van der Waals surface area contributed by atoms with Crippen molar-refractivity contribution in [2.45, 2.75) is 11.6 Å². The first-order valence-corrected chi connectivity index (χ1v) is 7.41. The predicted molar refractivity (Wildman–Crippen MR) is 77.9 cm³/mol. The normalized spacial score (nSPS) is 13.8. The molecule has 0 unspecified atom stereocenters. The van der Waals surface area contributed by atoms with E-state index in [0.29, 0.717) is 35.0 Å². The summed E-state index contributed by atoms with van der Waals surface area (Å²) in [6, 6.07) is 6.88. The van der Waals surface area contributed by atoms with Crippen molar-refractivity contribution < 1.29 is 9.59 Å². The first kappa shape index (κ1) is 13.6. The van der Waals surface area contributed by atoms with E-state index in [1.54, 1.807) is 24.3 Å². The van der Waals surface area contributed by atoms with Gasteiger partial charge in [0.25, 0.3) is 11.8 Å². The number of anilines is 1. The third-order valence-corrected chi connectivity index (χ3v) is 4.05. The van der Waals surface area contributed by atoms with Crippen molar-refractivity contribution in [1.29, 1.82) is 0 Å². The fourth-order valence-electron chi connectivity index (χ4n) is 2.15. The minimum absolute atomic E-state index is 0.220. The maximum Gasteiger partial charge on any atom is 0.261 e. The highest BCUT2D eigenvalue weighted by Crippen LogP contribution is 2.23. The van der Waals surface area contributed by atoms with E-state index in [0.717, 1.165) is 0 Å². The third kappa shape index (κ3) is 2.62. The predicted octanol–water partition coefficient (Wildman–Crippen LogP) is 1.17. The van der Waals surface area contributed by atoms with Crippen LogP contribution in [0.2, 0.25) is 0 Å². The Morgan fingerprint density at radius 2 is 1.86 bits per heavy atom. The summed E-state index contributed by atoms with van der Waals surface area (Å²) in [5.41, 5.74) is 6.39. The number of nitrogen functional groups attached to an aromatic ring is 1. The number of carbonyl (C=O) groups is 2. The molecule has 3 N–H and O–H groups in total. The lowest BCUT2D eigenvalue weighted by Gasteiger charge is -2.12. The van der Waals surface area contributed by atoms with E-state index in [9.17, 15) is 9.59 Å². The SMILES string of the molecule is Nc1nc(SCCCN2C(=O)c3ccccc3C2=O)n[nH]1. The summed E-state index contributed by atoms with van der Waals surface area (Å²) in [4.78, 5) is 29.5. The van der Waals surface area contributed by atoms with Crippen molar-refractivity contribution in [3.63, 3.8) is 0 Å². The molecule has 108 valence electrons. The molecule has 3 rings (SSSR count). The van der Waals surface area contributed by atoms with E-state index in [1.165, 1.54) is 16.7 Å². The van der Waals surface area contributed by atoms with Crippen LogP contribution in [0.1, 0.15) is 27.1 Å². The molecule has 2 aromatic rings. The van der Waals surface area contributed by atoms with Gasteiger partial charge in [0.15, 0.2) is 0 Å². The van der Waals surface area contributed by atoms with Gasteiger partial charge in [-0.15, -0.1) is 5.10 Å². The monoisotopic (exact) mass is 303 g/mol. The summed E-state index contributed by atoms with van der Waals surface area (Å²) >= 11 is 1.43. The number of nitrogens with one attached hydrogen (secondary N) is 1. The van der Waals surface area contributed by atoms with Crippen LogP contribution in [0.5, 0.6) is 0 Å². The van der Waals surface area contributed by atoms with Crippen LogP contribution in [-0.2, 0) is 0 Å². The second-order valence-corrected chi connectivity index (χ2v) is 5.57. The first-order chi connectivity index (χ1) is 10.2. The smallest absolute Gasteiger partial charge is 0.261 e. The Morgan fingerprint density at radius 1 is 1.19 bits per heavy atom. The second-order valence-electron chi connectivity index (χ2n) is 4.51. The zero-order valence-electron chi connectivity index (χ0n) is 11.1. The van der Waals surface area contributed by atoms with Crippen molar-refractivity contribution in [3.05, 3.63) is 35.4 Å². The summed E-state index contributed by atoms with van der Waals surface area (Å²) in [6.07, 6.45) is 0.671. The Kier molecular flexibility index (Phi) is 3.61. The lowest BCUT2D eigenvalue weighted by atomic mass is 10.1. The number of nitrogens with zero attached hydrogens (tertiary/aromatic N) is 3. The van der Waals surface area contributed by atoms with Crippen LogP contribution in [0, 0.1) is 0 Å². The Hall–Kier alpha value is -2.35. The zero-order valence-corrected chi connectivity index (χ0v) is 11.9. The minimum Gasteiger partial charge on any atom is -0.368 e. The lowest BCUT2D eigenvalue weighted by molar-refractivity contribution is 0.0655. The standard InChI is InChI=1S/C13H13N5O2S/c14-12-15-13(17-16-12)21-7-3-6-18-10(19)8-4-1-2-5-9(8)11(18)20/h1-2,4-5H,3,6-7H2,(H3,14,15,16,17). The summed E-state index contributed by atoms with van der Waals surface area (Å²) in [7, 11) is 0. The molecule has 0 bridgehead atoms. The molecule has 1 aliphatic heterocycles. The molecule has 0 fully saturated rings. The van der Waals surface area contributed by atoms with Gasteiger partial charge in [0, 0.05) is 12.3 Å². The molecule has 0 atom stereocenters. The fraction of sp³-hybridized carbons (Fsp3) is 0.231. The molecule has 2 heterocycles. The fourth-order valence-corrected chi connectivity index (χ4v) is 2.88. The van der Waals surface area contributed by atoms with Crippen LogP contribution in [0.3, 0.4) is 0 Å². The van der Waals surface area contributed by atoms with Crippen LogP contribution in [0.15, 0.2) is 29.4 Å². The Morgan fingerprint density at radius 3 is 2.43 bits per heavy atom. The van der Waals surface area contributed by atoms with Gasteiger partial charge in [0.05, 0.1) is 11.1 Å². The quantitative estimate of drug-likeness (QED) is 0.488. The molecule has 1 aromatic heterocycles. The van der Waals surface area contributed by atoms with E-state index < -0.39 is 0 Å². The number of fused-ring (bicyclic) bond motifs is 1.